The first-order valence-electron chi connectivity index (χ1n) is 8.74. The highest BCUT2D eigenvalue weighted by atomic mass is 16.2. The summed E-state index contributed by atoms with van der Waals surface area (Å²) in [7, 11) is 3.32. The molecule has 1 unspecified atom stereocenters. The number of aryl methyl sites for hydroxylation is 1. The Labute approximate surface area is 147 Å². The van der Waals surface area contributed by atoms with E-state index in [0.29, 0.717) is 18.8 Å². The lowest BCUT2D eigenvalue weighted by molar-refractivity contribution is -0.146. The molecule has 0 spiro atoms. The van der Waals surface area contributed by atoms with Gasteiger partial charge in [-0.1, -0.05) is 0 Å². The average molecular weight is 347 g/mol. The van der Waals surface area contributed by atoms with Gasteiger partial charge in [0.2, 0.25) is 11.8 Å². The molecule has 0 saturated carbocycles. The molecule has 3 rings (SSSR count). The van der Waals surface area contributed by atoms with Crippen LogP contribution in [-0.2, 0) is 22.4 Å². The number of nitrogens with zero attached hydrogens (tertiary/aromatic N) is 4. The van der Waals surface area contributed by atoms with Gasteiger partial charge in [-0.15, -0.1) is 0 Å². The van der Waals surface area contributed by atoms with Crippen LogP contribution in [0.25, 0.3) is 0 Å². The topological polar surface area (TPSA) is 89.6 Å². The highest BCUT2D eigenvalue weighted by molar-refractivity contribution is 5.95. The minimum Gasteiger partial charge on any atom is -0.347 e. The Bertz CT molecular complexity index is 696. The fraction of sp³-hybridized carbons (Fsp3) is 0.647. The molecule has 8 nitrogen and oxygen atoms in total. The maximum Gasteiger partial charge on any atom is 0.274 e. The van der Waals surface area contributed by atoms with Crippen molar-refractivity contribution in [1.29, 1.82) is 0 Å². The van der Waals surface area contributed by atoms with Crippen LogP contribution in [0.15, 0.2) is 0 Å². The fourth-order valence-electron chi connectivity index (χ4n) is 3.66. The third-order valence-electron chi connectivity index (χ3n) is 5.06. The van der Waals surface area contributed by atoms with Crippen LogP contribution in [0.3, 0.4) is 0 Å². The standard InChI is InChI=1S/C17H25N5O3/c1-11(23)22-9-8-21(10-14(22)16(24)20(2)3)17(25)15-12-6-4-5-7-13(12)18-19-15/h14H,4-10H2,1-3H3,(H,18,19). The minimum absolute atomic E-state index is 0.149. The molecular weight excluding hydrogens is 322 g/mol. The van der Waals surface area contributed by atoms with E-state index in [1.165, 1.54) is 11.8 Å². The normalized spacial score (nSPS) is 20.2. The molecule has 2 heterocycles. The van der Waals surface area contributed by atoms with Crippen LogP contribution in [-0.4, -0.2) is 82.4 Å². The van der Waals surface area contributed by atoms with Crippen molar-refractivity contribution in [2.45, 2.75) is 38.6 Å². The van der Waals surface area contributed by atoms with Gasteiger partial charge in [-0.2, -0.15) is 5.10 Å². The lowest BCUT2D eigenvalue weighted by atomic mass is 9.95. The van der Waals surface area contributed by atoms with Crippen molar-refractivity contribution in [3.63, 3.8) is 0 Å². The third kappa shape index (κ3) is 3.25. The SMILES string of the molecule is CC(=O)N1CCN(C(=O)c2n[nH]c3c2CCCC3)CC1C(=O)N(C)C. The average Bonchev–Trinajstić information content (AvgIpc) is 3.03. The summed E-state index contributed by atoms with van der Waals surface area (Å²) in [6.45, 7) is 2.43. The second-order valence-electron chi connectivity index (χ2n) is 6.95. The van der Waals surface area contributed by atoms with Gasteiger partial charge in [0.25, 0.3) is 5.91 Å². The smallest absolute Gasteiger partial charge is 0.274 e. The van der Waals surface area contributed by atoms with Crippen molar-refractivity contribution in [3.8, 4) is 0 Å². The fourth-order valence-corrected chi connectivity index (χ4v) is 3.66. The molecule has 0 aromatic carbocycles. The second kappa shape index (κ2) is 6.85. The van der Waals surface area contributed by atoms with Crippen molar-refractivity contribution in [2.75, 3.05) is 33.7 Å². The maximum atomic E-state index is 13.0. The van der Waals surface area contributed by atoms with E-state index in [1.807, 2.05) is 0 Å². The Morgan fingerprint density at radius 1 is 1.16 bits per heavy atom. The van der Waals surface area contributed by atoms with Gasteiger partial charge in [0.15, 0.2) is 5.69 Å². The number of fused-ring (bicyclic) bond motifs is 1. The van der Waals surface area contributed by atoms with E-state index in [1.54, 1.807) is 23.9 Å². The lowest BCUT2D eigenvalue weighted by Gasteiger charge is -2.40. The number of carbonyl (C=O) groups is 3. The van der Waals surface area contributed by atoms with Crippen LogP contribution >= 0.6 is 0 Å². The summed E-state index contributed by atoms with van der Waals surface area (Å²) in [5.74, 6) is -0.472. The summed E-state index contributed by atoms with van der Waals surface area (Å²) in [6.07, 6.45) is 3.96. The predicted octanol–water partition coefficient (Wildman–Crippen LogP) is 0.0496. The summed E-state index contributed by atoms with van der Waals surface area (Å²) in [6, 6.07) is -0.639. The molecule has 2 aliphatic rings. The number of hydrogen-bond acceptors (Lipinski definition) is 4. The van der Waals surface area contributed by atoms with Gasteiger partial charge in [-0.05, 0) is 25.7 Å². The van der Waals surface area contributed by atoms with Gasteiger partial charge in [0.05, 0.1) is 6.54 Å². The van der Waals surface area contributed by atoms with Crippen LogP contribution in [0.1, 0.15) is 41.5 Å². The molecule has 136 valence electrons. The van der Waals surface area contributed by atoms with Gasteiger partial charge < -0.3 is 14.7 Å². The van der Waals surface area contributed by atoms with Crippen molar-refractivity contribution < 1.29 is 14.4 Å². The quantitative estimate of drug-likeness (QED) is 0.819. The number of aromatic nitrogens is 2. The summed E-state index contributed by atoms with van der Waals surface area (Å²) < 4.78 is 0. The molecule has 1 aromatic rings. The van der Waals surface area contributed by atoms with E-state index >= 15 is 0 Å². The molecule has 3 amide bonds. The largest absolute Gasteiger partial charge is 0.347 e. The number of piperazine rings is 1. The number of hydrogen-bond donors (Lipinski definition) is 1. The number of amides is 3. The van der Waals surface area contributed by atoms with E-state index in [9.17, 15) is 14.4 Å². The Kier molecular flexibility index (Phi) is 4.78. The molecule has 1 aliphatic carbocycles. The van der Waals surface area contributed by atoms with Crippen molar-refractivity contribution >= 4 is 17.7 Å². The molecule has 1 N–H and O–H groups in total. The Hall–Kier alpha value is -2.38. The first kappa shape index (κ1) is 17.4. The molecule has 0 bridgehead atoms. The third-order valence-corrected chi connectivity index (χ3v) is 5.06. The summed E-state index contributed by atoms with van der Waals surface area (Å²) in [5, 5.41) is 7.23. The Balaban J connectivity index is 1.81. The van der Waals surface area contributed by atoms with Crippen LogP contribution in [0.4, 0.5) is 0 Å². The van der Waals surface area contributed by atoms with Gasteiger partial charge in [-0.25, -0.2) is 0 Å². The van der Waals surface area contributed by atoms with E-state index in [-0.39, 0.29) is 24.3 Å². The minimum atomic E-state index is -0.639. The van der Waals surface area contributed by atoms with Crippen molar-refractivity contribution in [1.82, 2.24) is 24.9 Å². The van der Waals surface area contributed by atoms with Crippen LogP contribution in [0, 0.1) is 0 Å². The Morgan fingerprint density at radius 2 is 1.88 bits per heavy atom. The molecular formula is C17H25N5O3. The molecule has 1 aliphatic heterocycles. The predicted molar refractivity (Wildman–Crippen MR) is 91.0 cm³/mol. The number of nitrogens with one attached hydrogen (secondary N) is 1. The summed E-state index contributed by atoms with van der Waals surface area (Å²) >= 11 is 0. The van der Waals surface area contributed by atoms with Gasteiger partial charge in [-0.3, -0.25) is 19.5 Å². The van der Waals surface area contributed by atoms with Gasteiger partial charge in [0, 0.05) is 45.4 Å². The van der Waals surface area contributed by atoms with E-state index in [0.717, 1.165) is 36.9 Å². The molecule has 25 heavy (non-hydrogen) atoms. The zero-order chi connectivity index (χ0) is 18.1. The molecule has 8 heteroatoms. The molecule has 1 atom stereocenters. The van der Waals surface area contributed by atoms with E-state index in [2.05, 4.69) is 10.2 Å². The van der Waals surface area contributed by atoms with Crippen LogP contribution < -0.4 is 0 Å². The number of likely N-dealkylation sites (N-methyl/N-ethyl adjacent to an activating group) is 1. The van der Waals surface area contributed by atoms with E-state index < -0.39 is 6.04 Å². The highest BCUT2D eigenvalue weighted by Crippen LogP contribution is 2.24. The van der Waals surface area contributed by atoms with Crippen molar-refractivity contribution in [3.05, 3.63) is 17.0 Å². The molecule has 1 saturated heterocycles. The number of aromatic amines is 1. The second-order valence-corrected chi connectivity index (χ2v) is 6.95. The van der Waals surface area contributed by atoms with E-state index in [4.69, 9.17) is 0 Å². The van der Waals surface area contributed by atoms with Crippen LogP contribution in [0.2, 0.25) is 0 Å². The van der Waals surface area contributed by atoms with Gasteiger partial charge in [0.1, 0.15) is 6.04 Å². The van der Waals surface area contributed by atoms with Crippen molar-refractivity contribution in [2.24, 2.45) is 0 Å². The highest BCUT2D eigenvalue weighted by Gasteiger charge is 2.37. The zero-order valence-electron chi connectivity index (χ0n) is 15.0. The Morgan fingerprint density at radius 3 is 2.56 bits per heavy atom. The first-order valence-corrected chi connectivity index (χ1v) is 8.74. The first-order chi connectivity index (χ1) is 11.9. The lowest BCUT2D eigenvalue weighted by Crippen LogP contribution is -2.61. The monoisotopic (exact) mass is 347 g/mol. The zero-order valence-corrected chi connectivity index (χ0v) is 15.0. The summed E-state index contributed by atoms with van der Waals surface area (Å²) in [5.41, 5.74) is 2.54. The molecule has 1 aromatic heterocycles. The molecule has 0 radical (unpaired) electrons. The number of carbonyl (C=O) groups excluding carboxylic acids is 3. The van der Waals surface area contributed by atoms with Crippen LogP contribution in [0.5, 0.6) is 0 Å². The molecule has 1 fully saturated rings. The maximum absolute atomic E-state index is 13.0. The number of H-pyrrole nitrogens is 1. The summed E-state index contributed by atoms with van der Waals surface area (Å²) in [4.78, 5) is 42.0. The van der Waals surface area contributed by atoms with Gasteiger partial charge >= 0.3 is 0 Å². The number of rotatable bonds is 2.